The Kier molecular flexibility index (Phi) is 5.32. The van der Waals surface area contributed by atoms with Gasteiger partial charge in [-0.05, 0) is 50.5 Å². The van der Waals surface area contributed by atoms with E-state index in [2.05, 4.69) is 9.88 Å². The van der Waals surface area contributed by atoms with Crippen LogP contribution in [0.2, 0.25) is 0 Å². The summed E-state index contributed by atoms with van der Waals surface area (Å²) in [4.78, 5) is 18.6. The van der Waals surface area contributed by atoms with Crippen molar-refractivity contribution >= 4 is 16.9 Å². The number of carbonyl (C=O) groups is 1. The average Bonchev–Trinajstić information content (AvgIpc) is 3.25. The maximum Gasteiger partial charge on any atom is 0.340 e. The fraction of sp³-hybridized carbons (Fsp3) is 0.400. The number of piperidine rings is 3. The van der Waals surface area contributed by atoms with Crippen molar-refractivity contribution < 1.29 is 19.0 Å². The molecule has 0 unspecified atom stereocenters. The molecule has 0 spiro atoms. The molecule has 3 aromatic rings. The van der Waals surface area contributed by atoms with Crippen LogP contribution in [0.3, 0.4) is 0 Å². The summed E-state index contributed by atoms with van der Waals surface area (Å²) in [5.74, 6) is 0.942. The van der Waals surface area contributed by atoms with Crippen LogP contribution in [0.5, 0.6) is 11.5 Å². The van der Waals surface area contributed by atoms with Crippen LogP contribution in [0, 0.1) is 5.41 Å². The molecule has 4 heterocycles. The number of nitrogens with one attached hydrogen (secondary N) is 1. The number of carbonyl (C=O) groups excluding carboxylic acids is 1. The summed E-state index contributed by atoms with van der Waals surface area (Å²) in [6, 6.07) is 13.7. The van der Waals surface area contributed by atoms with E-state index in [9.17, 15) is 4.79 Å². The van der Waals surface area contributed by atoms with Crippen molar-refractivity contribution in [2.75, 3.05) is 33.4 Å². The van der Waals surface area contributed by atoms with Gasteiger partial charge in [-0.25, -0.2) is 4.79 Å². The van der Waals surface area contributed by atoms with E-state index >= 15 is 0 Å². The third-order valence-electron chi connectivity index (χ3n) is 6.81. The first-order valence-corrected chi connectivity index (χ1v) is 10.9. The van der Waals surface area contributed by atoms with E-state index in [-0.39, 0.29) is 11.4 Å². The zero-order chi connectivity index (χ0) is 21.3. The number of H-pyrrole nitrogens is 1. The number of esters is 1. The summed E-state index contributed by atoms with van der Waals surface area (Å²) in [6.45, 7) is 4.30. The standard InChI is InChI=1S/C25H28N2O4/c1-29-22-13-19-20(24(28)31-17-25-7-10-27(11-8-25)12-9-25)15-26-21(19)14-23(22)30-16-18-5-3-2-4-6-18/h2-6,13-15,26H,7-12,16-17H2,1H3. The monoisotopic (exact) mass is 420 g/mol. The molecule has 31 heavy (non-hydrogen) atoms. The molecule has 2 bridgehead atoms. The number of hydrogen-bond acceptors (Lipinski definition) is 5. The van der Waals surface area contributed by atoms with Gasteiger partial charge in [0.1, 0.15) is 6.61 Å². The maximum atomic E-state index is 12.9. The molecule has 3 aliphatic heterocycles. The van der Waals surface area contributed by atoms with Gasteiger partial charge >= 0.3 is 5.97 Å². The van der Waals surface area contributed by atoms with Gasteiger partial charge in [-0.1, -0.05) is 30.3 Å². The van der Waals surface area contributed by atoms with E-state index in [1.165, 1.54) is 0 Å². The van der Waals surface area contributed by atoms with Crippen LogP contribution in [0.15, 0.2) is 48.7 Å². The lowest BCUT2D eigenvalue weighted by atomic mass is 9.73. The van der Waals surface area contributed by atoms with Gasteiger partial charge in [0.05, 0.1) is 24.8 Å². The van der Waals surface area contributed by atoms with E-state index < -0.39 is 0 Å². The van der Waals surface area contributed by atoms with Gasteiger partial charge < -0.3 is 24.1 Å². The minimum atomic E-state index is -0.284. The van der Waals surface area contributed by atoms with Crippen molar-refractivity contribution in [3.05, 3.63) is 59.8 Å². The highest BCUT2D eigenvalue weighted by molar-refractivity contribution is 6.05. The minimum Gasteiger partial charge on any atom is -0.493 e. The van der Waals surface area contributed by atoms with E-state index in [1.54, 1.807) is 13.3 Å². The molecule has 0 aliphatic carbocycles. The summed E-state index contributed by atoms with van der Waals surface area (Å²) in [7, 11) is 1.61. The molecule has 6 rings (SSSR count). The number of aromatic amines is 1. The number of aromatic nitrogens is 1. The fourth-order valence-corrected chi connectivity index (χ4v) is 4.72. The Labute approximate surface area is 182 Å². The summed E-state index contributed by atoms with van der Waals surface area (Å²) in [5, 5.41) is 0.782. The number of fused-ring (bicyclic) bond motifs is 4. The zero-order valence-electron chi connectivity index (χ0n) is 17.9. The van der Waals surface area contributed by atoms with Crippen molar-refractivity contribution in [1.82, 2.24) is 9.88 Å². The molecule has 0 amide bonds. The predicted molar refractivity (Wildman–Crippen MR) is 119 cm³/mol. The third kappa shape index (κ3) is 4.00. The van der Waals surface area contributed by atoms with Gasteiger partial charge in [-0.3, -0.25) is 0 Å². The van der Waals surface area contributed by atoms with Gasteiger partial charge in [0.15, 0.2) is 11.5 Å². The summed E-state index contributed by atoms with van der Waals surface area (Å²) < 4.78 is 17.3. The van der Waals surface area contributed by atoms with Gasteiger partial charge in [0.2, 0.25) is 0 Å². The number of nitrogens with zero attached hydrogens (tertiary/aromatic N) is 1. The highest BCUT2D eigenvalue weighted by atomic mass is 16.5. The quantitative estimate of drug-likeness (QED) is 0.574. The lowest BCUT2D eigenvalue weighted by Gasteiger charge is -2.47. The second-order valence-electron chi connectivity index (χ2n) is 8.69. The van der Waals surface area contributed by atoms with Gasteiger partial charge in [-0.15, -0.1) is 0 Å². The van der Waals surface area contributed by atoms with Gasteiger partial charge in [-0.2, -0.15) is 0 Å². The van der Waals surface area contributed by atoms with Gasteiger partial charge in [0.25, 0.3) is 0 Å². The largest absolute Gasteiger partial charge is 0.493 e. The van der Waals surface area contributed by atoms with E-state index in [0.717, 1.165) is 55.4 Å². The molecule has 3 aliphatic rings. The molecule has 162 valence electrons. The van der Waals surface area contributed by atoms with Crippen LogP contribution in [0.25, 0.3) is 10.9 Å². The lowest BCUT2D eigenvalue weighted by molar-refractivity contribution is -0.0304. The van der Waals surface area contributed by atoms with Crippen LogP contribution in [0.4, 0.5) is 0 Å². The normalized spacial score (nSPS) is 22.4. The van der Waals surface area contributed by atoms with E-state index in [0.29, 0.717) is 30.3 Å². The van der Waals surface area contributed by atoms with Gasteiger partial charge in [0, 0.05) is 23.1 Å². The molecular formula is C25H28N2O4. The Morgan fingerprint density at radius 3 is 2.52 bits per heavy atom. The molecule has 1 N–H and O–H groups in total. The highest BCUT2D eigenvalue weighted by Gasteiger charge is 2.40. The number of benzene rings is 2. The molecule has 1 aromatic heterocycles. The van der Waals surface area contributed by atoms with Crippen LogP contribution in [0.1, 0.15) is 35.2 Å². The number of methoxy groups -OCH3 is 1. The Morgan fingerprint density at radius 1 is 1.06 bits per heavy atom. The highest BCUT2D eigenvalue weighted by Crippen LogP contribution is 2.40. The third-order valence-corrected chi connectivity index (χ3v) is 6.81. The first-order valence-electron chi connectivity index (χ1n) is 10.9. The van der Waals surface area contributed by atoms with Crippen molar-refractivity contribution in [3.63, 3.8) is 0 Å². The van der Waals surface area contributed by atoms with E-state index in [4.69, 9.17) is 14.2 Å². The molecule has 3 fully saturated rings. The SMILES string of the molecule is COc1cc2c(C(=O)OCC34CCN(CC3)CC4)c[nH]c2cc1OCc1ccccc1. The summed E-state index contributed by atoms with van der Waals surface area (Å²) in [5.41, 5.74) is 2.59. The Morgan fingerprint density at radius 2 is 1.81 bits per heavy atom. The topological polar surface area (TPSA) is 63.8 Å². The predicted octanol–water partition coefficient (Wildman–Crippen LogP) is 4.40. The maximum absolute atomic E-state index is 12.9. The molecule has 6 heteroatoms. The van der Waals surface area contributed by atoms with Crippen LogP contribution < -0.4 is 9.47 Å². The molecule has 0 atom stereocenters. The zero-order valence-corrected chi connectivity index (χ0v) is 17.9. The molecule has 0 radical (unpaired) electrons. The smallest absolute Gasteiger partial charge is 0.340 e. The van der Waals surface area contributed by atoms with Crippen molar-refractivity contribution in [1.29, 1.82) is 0 Å². The van der Waals surface area contributed by atoms with Crippen molar-refractivity contribution in [2.45, 2.75) is 25.9 Å². The first-order chi connectivity index (χ1) is 15.2. The number of ether oxygens (including phenoxy) is 3. The molecule has 0 saturated carbocycles. The summed E-state index contributed by atoms with van der Waals surface area (Å²) >= 11 is 0. The second kappa shape index (κ2) is 8.27. The van der Waals surface area contributed by atoms with Crippen molar-refractivity contribution in [2.24, 2.45) is 5.41 Å². The average molecular weight is 421 g/mol. The molecule has 6 nitrogen and oxygen atoms in total. The molecule has 3 saturated heterocycles. The Balaban J connectivity index is 1.32. The number of hydrogen-bond donors (Lipinski definition) is 1. The second-order valence-corrected chi connectivity index (χ2v) is 8.69. The molecular weight excluding hydrogens is 392 g/mol. The van der Waals surface area contributed by atoms with Crippen LogP contribution >= 0.6 is 0 Å². The van der Waals surface area contributed by atoms with Crippen LogP contribution in [-0.4, -0.2) is 49.2 Å². The van der Waals surface area contributed by atoms with Crippen LogP contribution in [-0.2, 0) is 11.3 Å². The van der Waals surface area contributed by atoms with Crippen molar-refractivity contribution in [3.8, 4) is 11.5 Å². The fourth-order valence-electron chi connectivity index (χ4n) is 4.72. The Hall–Kier alpha value is -2.99. The first kappa shape index (κ1) is 19.9. The lowest BCUT2D eigenvalue weighted by Crippen LogP contribution is -2.50. The number of rotatable bonds is 7. The van der Waals surface area contributed by atoms with E-state index in [1.807, 2.05) is 42.5 Å². The minimum absolute atomic E-state index is 0.159. The summed E-state index contributed by atoms with van der Waals surface area (Å²) in [6.07, 6.45) is 5.06. The Bertz CT molecular complexity index is 1050. The molecule has 2 aromatic carbocycles.